The van der Waals surface area contributed by atoms with E-state index in [1.54, 1.807) is 0 Å². The maximum absolute atomic E-state index is 11.8. The summed E-state index contributed by atoms with van der Waals surface area (Å²) in [7, 11) is 0. The largest absolute Gasteiger partial charge is 0.478 e. The minimum atomic E-state index is -1.10. The molecule has 0 spiro atoms. The maximum atomic E-state index is 11.8. The predicted molar refractivity (Wildman–Crippen MR) is 95.5 cm³/mol. The summed E-state index contributed by atoms with van der Waals surface area (Å²) in [6.07, 6.45) is 2.06. The summed E-state index contributed by atoms with van der Waals surface area (Å²) in [5, 5.41) is 12.3. The second kappa shape index (κ2) is 8.57. The fourth-order valence-corrected chi connectivity index (χ4v) is 3.14. The lowest BCUT2D eigenvalue weighted by Crippen LogP contribution is -2.12. The molecule has 4 nitrogen and oxygen atoms in total. The number of allylic oxidation sites excluding steroid dienone is 1. The van der Waals surface area contributed by atoms with Crippen LogP contribution in [0, 0.1) is 5.92 Å². The van der Waals surface area contributed by atoms with Crippen molar-refractivity contribution < 1.29 is 14.7 Å². The Morgan fingerprint density at radius 3 is 2.35 bits per heavy atom. The fraction of sp³-hybridized carbons (Fsp3) is 0.375. The highest BCUT2D eigenvalue weighted by Crippen LogP contribution is 2.43. The van der Waals surface area contributed by atoms with E-state index in [2.05, 4.69) is 5.32 Å². The number of hydrogen-bond acceptors (Lipinski definition) is 2. The standard InChI is InChI=1S/C16H18Cl3NO3/c1-4-5-12(21)20-16-11(18)7-10(17)14(15(16)19)9(8(2)3)6-13(22)23/h6-8H,4-5H2,1-3H3,(H,20,21)(H,22,23). The number of carboxylic acids is 1. The SMILES string of the molecule is CCCC(=O)Nc1c(Cl)cc(Cl)c(C(=CC(=O)O)C(C)C)c1Cl. The molecule has 1 amide bonds. The van der Waals surface area contributed by atoms with Crippen LogP contribution < -0.4 is 5.32 Å². The van der Waals surface area contributed by atoms with Gasteiger partial charge in [-0.3, -0.25) is 4.79 Å². The molecule has 0 aliphatic rings. The van der Waals surface area contributed by atoms with Gasteiger partial charge in [0.2, 0.25) is 5.91 Å². The molecule has 0 saturated heterocycles. The maximum Gasteiger partial charge on any atom is 0.328 e. The minimum absolute atomic E-state index is 0.133. The average molecular weight is 379 g/mol. The van der Waals surface area contributed by atoms with Gasteiger partial charge in [-0.05, 0) is 24.0 Å². The Labute approximate surface area is 150 Å². The number of nitrogens with one attached hydrogen (secondary N) is 1. The molecule has 1 aromatic rings. The van der Waals surface area contributed by atoms with E-state index >= 15 is 0 Å². The van der Waals surface area contributed by atoms with Crippen LogP contribution in [0.15, 0.2) is 12.1 Å². The number of hydrogen-bond donors (Lipinski definition) is 2. The molecule has 0 fully saturated rings. The van der Waals surface area contributed by atoms with Crippen LogP contribution in [0.2, 0.25) is 15.1 Å². The van der Waals surface area contributed by atoms with Crippen LogP contribution in [0.3, 0.4) is 0 Å². The van der Waals surface area contributed by atoms with Gasteiger partial charge in [-0.1, -0.05) is 55.6 Å². The van der Waals surface area contributed by atoms with Gasteiger partial charge in [0.25, 0.3) is 0 Å². The summed E-state index contributed by atoms with van der Waals surface area (Å²) in [5.74, 6) is -1.47. The predicted octanol–water partition coefficient (Wildman–Crippen LogP) is 5.51. The topological polar surface area (TPSA) is 66.4 Å². The summed E-state index contributed by atoms with van der Waals surface area (Å²) in [6.45, 7) is 5.53. The summed E-state index contributed by atoms with van der Waals surface area (Å²) in [6, 6.07) is 1.45. The van der Waals surface area contributed by atoms with Crippen LogP contribution >= 0.6 is 34.8 Å². The molecule has 0 saturated carbocycles. The van der Waals surface area contributed by atoms with Gasteiger partial charge in [0.05, 0.1) is 20.8 Å². The number of halogens is 3. The molecule has 23 heavy (non-hydrogen) atoms. The molecule has 2 N–H and O–H groups in total. The zero-order chi connectivity index (χ0) is 17.7. The van der Waals surface area contributed by atoms with E-state index in [1.807, 2.05) is 20.8 Å². The molecule has 0 radical (unpaired) electrons. The molecule has 1 rings (SSSR count). The number of benzene rings is 1. The van der Waals surface area contributed by atoms with E-state index in [9.17, 15) is 9.59 Å². The van der Waals surface area contributed by atoms with E-state index in [0.717, 1.165) is 6.08 Å². The van der Waals surface area contributed by atoms with Crippen molar-refractivity contribution in [1.82, 2.24) is 0 Å². The van der Waals surface area contributed by atoms with Crippen molar-refractivity contribution in [2.45, 2.75) is 33.6 Å². The summed E-state index contributed by atoms with van der Waals surface area (Å²) in [4.78, 5) is 22.9. The molecule has 0 aliphatic heterocycles. The quantitative estimate of drug-likeness (QED) is 0.641. The van der Waals surface area contributed by atoms with Gasteiger partial charge in [-0.25, -0.2) is 4.79 Å². The first-order valence-electron chi connectivity index (χ1n) is 7.11. The first-order chi connectivity index (χ1) is 10.7. The Morgan fingerprint density at radius 2 is 1.87 bits per heavy atom. The van der Waals surface area contributed by atoms with Gasteiger partial charge in [0, 0.05) is 18.1 Å². The second-order valence-electron chi connectivity index (χ2n) is 5.29. The number of rotatable bonds is 6. The molecule has 0 bridgehead atoms. The van der Waals surface area contributed by atoms with Crippen molar-refractivity contribution >= 4 is 57.9 Å². The Morgan fingerprint density at radius 1 is 1.26 bits per heavy atom. The van der Waals surface area contributed by atoms with Crippen molar-refractivity contribution in [3.63, 3.8) is 0 Å². The van der Waals surface area contributed by atoms with Crippen molar-refractivity contribution in [3.05, 3.63) is 32.8 Å². The van der Waals surface area contributed by atoms with E-state index in [-0.39, 0.29) is 32.6 Å². The van der Waals surface area contributed by atoms with Gasteiger partial charge in [0.15, 0.2) is 0 Å². The van der Waals surface area contributed by atoms with Crippen molar-refractivity contribution in [2.24, 2.45) is 5.92 Å². The number of amides is 1. The molecule has 1 aromatic carbocycles. The van der Waals surface area contributed by atoms with Crippen LogP contribution in [0.5, 0.6) is 0 Å². The van der Waals surface area contributed by atoms with Gasteiger partial charge < -0.3 is 10.4 Å². The summed E-state index contributed by atoms with van der Waals surface area (Å²) in [5.41, 5.74) is 1.06. The van der Waals surface area contributed by atoms with Gasteiger partial charge >= 0.3 is 5.97 Å². The van der Waals surface area contributed by atoms with Crippen LogP contribution in [0.1, 0.15) is 39.2 Å². The van der Waals surface area contributed by atoms with E-state index in [1.165, 1.54) is 6.07 Å². The van der Waals surface area contributed by atoms with E-state index in [0.29, 0.717) is 24.0 Å². The van der Waals surface area contributed by atoms with Crippen molar-refractivity contribution in [2.75, 3.05) is 5.32 Å². The first kappa shape index (κ1) is 19.8. The summed E-state index contributed by atoms with van der Waals surface area (Å²) < 4.78 is 0. The van der Waals surface area contributed by atoms with Crippen LogP contribution in [0.25, 0.3) is 5.57 Å². The number of carboxylic acid groups (broad SMARTS) is 1. The molecule has 0 aliphatic carbocycles. The number of anilines is 1. The fourth-order valence-electron chi connectivity index (χ4n) is 2.06. The van der Waals surface area contributed by atoms with Crippen LogP contribution in [0.4, 0.5) is 5.69 Å². The smallest absolute Gasteiger partial charge is 0.328 e. The third-order valence-corrected chi connectivity index (χ3v) is 4.08. The Bertz CT molecular complexity index is 654. The van der Waals surface area contributed by atoms with Gasteiger partial charge in [-0.15, -0.1) is 0 Å². The molecule has 0 unspecified atom stereocenters. The molecule has 7 heteroatoms. The summed E-state index contributed by atoms with van der Waals surface area (Å²) >= 11 is 18.7. The molecule has 126 valence electrons. The molecular formula is C16H18Cl3NO3. The number of aliphatic carboxylic acids is 1. The third-order valence-electron chi connectivity index (χ3n) is 3.10. The van der Waals surface area contributed by atoms with Crippen LogP contribution in [-0.2, 0) is 9.59 Å². The number of carbonyl (C=O) groups excluding carboxylic acids is 1. The average Bonchev–Trinajstić information content (AvgIpc) is 2.42. The molecule has 0 heterocycles. The third kappa shape index (κ3) is 5.13. The number of carbonyl (C=O) groups is 2. The lowest BCUT2D eigenvalue weighted by atomic mass is 9.94. The highest BCUT2D eigenvalue weighted by Gasteiger charge is 2.21. The van der Waals surface area contributed by atoms with E-state index < -0.39 is 5.97 Å². The zero-order valence-corrected chi connectivity index (χ0v) is 15.3. The van der Waals surface area contributed by atoms with Crippen molar-refractivity contribution in [1.29, 1.82) is 0 Å². The second-order valence-corrected chi connectivity index (χ2v) is 6.49. The minimum Gasteiger partial charge on any atom is -0.478 e. The normalized spacial score (nSPS) is 11.7. The monoisotopic (exact) mass is 377 g/mol. The zero-order valence-electron chi connectivity index (χ0n) is 13.0. The lowest BCUT2D eigenvalue weighted by molar-refractivity contribution is -0.131. The molecular weight excluding hydrogens is 361 g/mol. The van der Waals surface area contributed by atoms with E-state index in [4.69, 9.17) is 39.9 Å². The first-order valence-corrected chi connectivity index (χ1v) is 8.24. The van der Waals surface area contributed by atoms with Gasteiger partial charge in [0.1, 0.15) is 0 Å². The Kier molecular flexibility index (Phi) is 7.39. The van der Waals surface area contributed by atoms with Crippen molar-refractivity contribution in [3.8, 4) is 0 Å². The lowest BCUT2D eigenvalue weighted by Gasteiger charge is -2.18. The highest BCUT2D eigenvalue weighted by atomic mass is 35.5. The van der Waals surface area contributed by atoms with Gasteiger partial charge in [-0.2, -0.15) is 0 Å². The Balaban J connectivity index is 3.49. The molecule has 0 aromatic heterocycles. The molecule has 0 atom stereocenters. The van der Waals surface area contributed by atoms with Crippen LogP contribution in [-0.4, -0.2) is 17.0 Å². The Hall–Kier alpha value is -1.23. The highest BCUT2D eigenvalue weighted by molar-refractivity contribution is 6.44.